The molecule has 0 atom stereocenters. The Kier molecular flexibility index (Phi) is 3.48. The summed E-state index contributed by atoms with van der Waals surface area (Å²) in [6.07, 6.45) is 0. The Morgan fingerprint density at radius 2 is 1.94 bits per heavy atom. The van der Waals surface area contributed by atoms with Crippen LogP contribution in [0.25, 0.3) is 0 Å². The highest BCUT2D eigenvalue weighted by molar-refractivity contribution is 7.07. The molecule has 0 amide bonds. The lowest BCUT2D eigenvalue weighted by atomic mass is 10.0. The molecule has 0 saturated heterocycles. The highest BCUT2D eigenvalue weighted by atomic mass is 32.1. The van der Waals surface area contributed by atoms with E-state index in [0.717, 1.165) is 28.2 Å². The average molecular weight is 261 g/mol. The Balaban J connectivity index is 2.27. The van der Waals surface area contributed by atoms with Crippen molar-refractivity contribution in [1.29, 1.82) is 0 Å². The molecule has 1 aromatic heterocycles. The predicted molar refractivity (Wildman–Crippen MR) is 73.6 cm³/mol. The zero-order valence-corrected chi connectivity index (χ0v) is 11.5. The summed E-state index contributed by atoms with van der Waals surface area (Å²) >= 11 is 1.13. The van der Waals surface area contributed by atoms with E-state index in [2.05, 4.69) is 0 Å². The highest BCUT2D eigenvalue weighted by Crippen LogP contribution is 2.11. The van der Waals surface area contributed by atoms with Gasteiger partial charge in [0.1, 0.15) is 0 Å². The molecule has 0 N–H and O–H groups in total. The average Bonchev–Trinajstić information content (AvgIpc) is 2.64. The summed E-state index contributed by atoms with van der Waals surface area (Å²) in [5, 5.41) is 1.77. The molecule has 3 nitrogen and oxygen atoms in total. The van der Waals surface area contributed by atoms with Crippen molar-refractivity contribution < 1.29 is 4.79 Å². The first-order valence-corrected chi connectivity index (χ1v) is 6.62. The zero-order chi connectivity index (χ0) is 13.3. The fourth-order valence-corrected chi connectivity index (χ4v) is 2.48. The van der Waals surface area contributed by atoms with Gasteiger partial charge in [-0.05, 0) is 38.0 Å². The number of nitrogens with zero attached hydrogens (tertiary/aromatic N) is 1. The second-order valence-corrected chi connectivity index (χ2v) is 5.27. The van der Waals surface area contributed by atoms with Gasteiger partial charge in [-0.2, -0.15) is 0 Å². The quantitative estimate of drug-likeness (QED) is 0.797. The second-order valence-electron chi connectivity index (χ2n) is 4.45. The molecule has 0 spiro atoms. The number of thiazole rings is 1. The number of aromatic nitrogens is 1. The van der Waals surface area contributed by atoms with Gasteiger partial charge < -0.3 is 0 Å². The maximum absolute atomic E-state index is 12.1. The first kappa shape index (κ1) is 12.8. The maximum Gasteiger partial charge on any atom is 0.307 e. The third-order valence-corrected chi connectivity index (χ3v) is 3.99. The Bertz CT molecular complexity index is 652. The SMILES string of the molecule is Cc1ccc(C(=O)Cn2c(C)csc2=O)cc1C. The highest BCUT2D eigenvalue weighted by Gasteiger charge is 2.11. The van der Waals surface area contributed by atoms with Gasteiger partial charge in [-0.3, -0.25) is 14.2 Å². The molecule has 2 rings (SSSR count). The van der Waals surface area contributed by atoms with E-state index in [9.17, 15) is 9.59 Å². The molecule has 4 heteroatoms. The summed E-state index contributed by atoms with van der Waals surface area (Å²) in [6.45, 7) is 5.95. The molecule has 0 fully saturated rings. The van der Waals surface area contributed by atoms with Crippen molar-refractivity contribution in [2.45, 2.75) is 27.3 Å². The number of aryl methyl sites for hydroxylation is 3. The molecule has 0 bridgehead atoms. The van der Waals surface area contributed by atoms with Crippen molar-refractivity contribution in [3.63, 3.8) is 0 Å². The summed E-state index contributed by atoms with van der Waals surface area (Å²) in [4.78, 5) is 23.6. The van der Waals surface area contributed by atoms with E-state index in [4.69, 9.17) is 0 Å². The van der Waals surface area contributed by atoms with Gasteiger partial charge in [-0.15, -0.1) is 0 Å². The number of carbonyl (C=O) groups is 1. The lowest BCUT2D eigenvalue weighted by molar-refractivity contribution is 0.0970. The molecule has 1 aromatic carbocycles. The maximum atomic E-state index is 12.1. The standard InChI is InChI=1S/C14H15NO2S/c1-9-4-5-12(6-10(9)2)13(16)7-15-11(3)8-18-14(15)17/h4-6,8H,7H2,1-3H3. The van der Waals surface area contributed by atoms with Gasteiger partial charge in [0.25, 0.3) is 0 Å². The molecule has 0 aliphatic carbocycles. The van der Waals surface area contributed by atoms with Gasteiger partial charge in [0, 0.05) is 16.6 Å². The van der Waals surface area contributed by atoms with Crippen molar-refractivity contribution in [1.82, 2.24) is 4.57 Å². The van der Waals surface area contributed by atoms with Crippen molar-refractivity contribution in [2.24, 2.45) is 0 Å². The van der Waals surface area contributed by atoms with E-state index in [1.54, 1.807) is 5.38 Å². The molecule has 2 aromatic rings. The zero-order valence-electron chi connectivity index (χ0n) is 10.7. The molecule has 18 heavy (non-hydrogen) atoms. The molecule has 94 valence electrons. The molecule has 0 aliphatic heterocycles. The van der Waals surface area contributed by atoms with Crippen LogP contribution in [0.5, 0.6) is 0 Å². The number of ketones is 1. The van der Waals surface area contributed by atoms with Gasteiger partial charge in [0.15, 0.2) is 5.78 Å². The molecule has 1 heterocycles. The van der Waals surface area contributed by atoms with Crippen LogP contribution in [0.15, 0.2) is 28.4 Å². The van der Waals surface area contributed by atoms with Crippen LogP contribution in [-0.2, 0) is 6.54 Å². The summed E-state index contributed by atoms with van der Waals surface area (Å²) in [7, 11) is 0. The summed E-state index contributed by atoms with van der Waals surface area (Å²) in [6, 6.07) is 5.63. The first-order valence-electron chi connectivity index (χ1n) is 5.74. The lowest BCUT2D eigenvalue weighted by Crippen LogP contribution is -2.20. The van der Waals surface area contributed by atoms with E-state index in [1.165, 1.54) is 4.57 Å². The van der Waals surface area contributed by atoms with Crippen LogP contribution in [0, 0.1) is 20.8 Å². The largest absolute Gasteiger partial charge is 0.307 e. The van der Waals surface area contributed by atoms with Crippen LogP contribution >= 0.6 is 11.3 Å². The minimum absolute atomic E-state index is 0.0262. The Morgan fingerprint density at radius 3 is 2.50 bits per heavy atom. The van der Waals surface area contributed by atoms with Crippen LogP contribution in [0.4, 0.5) is 0 Å². The van der Waals surface area contributed by atoms with E-state index >= 15 is 0 Å². The minimum atomic E-state index is -0.0790. The monoisotopic (exact) mass is 261 g/mol. The normalized spacial score (nSPS) is 10.6. The fraction of sp³-hybridized carbons (Fsp3) is 0.286. The summed E-state index contributed by atoms with van der Waals surface area (Å²) < 4.78 is 1.52. The van der Waals surface area contributed by atoms with Crippen molar-refractivity contribution in [3.05, 3.63) is 55.6 Å². The van der Waals surface area contributed by atoms with Crippen molar-refractivity contribution >= 4 is 17.1 Å². The van der Waals surface area contributed by atoms with Gasteiger partial charge in [0.2, 0.25) is 0 Å². The van der Waals surface area contributed by atoms with Crippen molar-refractivity contribution in [2.75, 3.05) is 0 Å². The number of carbonyl (C=O) groups excluding carboxylic acids is 1. The predicted octanol–water partition coefficient (Wildman–Crippen LogP) is 2.72. The minimum Gasteiger partial charge on any atom is -0.296 e. The summed E-state index contributed by atoms with van der Waals surface area (Å²) in [5.74, 6) is -0.0262. The topological polar surface area (TPSA) is 39.1 Å². The van der Waals surface area contributed by atoms with Gasteiger partial charge in [-0.25, -0.2) is 0 Å². The number of hydrogen-bond donors (Lipinski definition) is 0. The van der Waals surface area contributed by atoms with Crippen LogP contribution in [0.2, 0.25) is 0 Å². The number of rotatable bonds is 3. The Morgan fingerprint density at radius 1 is 1.22 bits per heavy atom. The third kappa shape index (κ3) is 2.43. The van der Waals surface area contributed by atoms with Crippen LogP contribution in [0.3, 0.4) is 0 Å². The van der Waals surface area contributed by atoms with Crippen LogP contribution in [-0.4, -0.2) is 10.4 Å². The van der Waals surface area contributed by atoms with Gasteiger partial charge >= 0.3 is 4.87 Å². The van der Waals surface area contributed by atoms with E-state index in [0.29, 0.717) is 5.56 Å². The number of hydrogen-bond acceptors (Lipinski definition) is 3. The summed E-state index contributed by atoms with van der Waals surface area (Å²) in [5.41, 5.74) is 3.75. The smallest absolute Gasteiger partial charge is 0.296 e. The first-order chi connectivity index (χ1) is 8.49. The Labute approximate surface area is 110 Å². The van der Waals surface area contributed by atoms with Gasteiger partial charge in [-0.1, -0.05) is 23.5 Å². The molecule has 0 aliphatic rings. The molecule has 0 saturated carbocycles. The van der Waals surface area contributed by atoms with E-state index in [-0.39, 0.29) is 17.2 Å². The van der Waals surface area contributed by atoms with E-state index < -0.39 is 0 Å². The number of benzene rings is 1. The fourth-order valence-electron chi connectivity index (χ4n) is 1.75. The van der Waals surface area contributed by atoms with E-state index in [1.807, 2.05) is 39.0 Å². The van der Waals surface area contributed by atoms with Crippen LogP contribution < -0.4 is 4.87 Å². The molecular weight excluding hydrogens is 246 g/mol. The van der Waals surface area contributed by atoms with Gasteiger partial charge in [0.05, 0.1) is 6.54 Å². The van der Waals surface area contributed by atoms with Crippen LogP contribution in [0.1, 0.15) is 27.2 Å². The number of Topliss-reactive ketones (excluding diaryl/α,β-unsaturated/α-hetero) is 1. The second kappa shape index (κ2) is 4.90. The lowest BCUT2D eigenvalue weighted by Gasteiger charge is -2.06. The third-order valence-electron chi connectivity index (χ3n) is 3.11. The van der Waals surface area contributed by atoms with Crippen molar-refractivity contribution in [3.8, 4) is 0 Å². The Hall–Kier alpha value is -1.68. The molecular formula is C14H15NO2S. The molecule has 0 radical (unpaired) electrons. The molecule has 0 unspecified atom stereocenters.